The third-order valence-corrected chi connectivity index (χ3v) is 5.49. The summed E-state index contributed by atoms with van der Waals surface area (Å²) in [6.07, 6.45) is 0.466. The Labute approximate surface area is 159 Å². The molecule has 0 amide bonds. The van der Waals surface area contributed by atoms with Crippen molar-refractivity contribution >= 4 is 34.4 Å². The molecular weight excluding hydrogens is 372 g/mol. The number of benzene rings is 1. The molecule has 0 radical (unpaired) electrons. The first-order valence-electron chi connectivity index (χ1n) is 7.87. The van der Waals surface area contributed by atoms with Crippen LogP contribution in [0.2, 0.25) is 5.02 Å². The van der Waals surface area contributed by atoms with E-state index in [1.54, 1.807) is 37.3 Å². The number of carbonyl (C=O) groups excluding carboxylic acids is 1. The molecule has 3 aromatic rings. The second-order valence-corrected chi connectivity index (χ2v) is 7.47. The Hall–Kier alpha value is -2.35. The Morgan fingerprint density at radius 1 is 1.31 bits per heavy atom. The van der Waals surface area contributed by atoms with Gasteiger partial charge in [-0.05, 0) is 37.6 Å². The smallest absolute Gasteiger partial charge is 0.165 e. The third-order valence-electron chi connectivity index (χ3n) is 4.01. The molecule has 0 saturated carbocycles. The second kappa shape index (κ2) is 7.49. The fourth-order valence-electron chi connectivity index (χ4n) is 2.81. The molecule has 134 valence electrons. The van der Waals surface area contributed by atoms with Gasteiger partial charge in [0, 0.05) is 21.2 Å². The molecule has 8 heteroatoms. The lowest BCUT2D eigenvalue weighted by atomic mass is 9.95. The van der Waals surface area contributed by atoms with Crippen molar-refractivity contribution in [1.82, 2.24) is 15.2 Å². The van der Waals surface area contributed by atoms with Crippen LogP contribution in [0.15, 0.2) is 36.7 Å². The monoisotopic (exact) mass is 388 g/mol. The highest BCUT2D eigenvalue weighted by molar-refractivity contribution is 7.16. The van der Waals surface area contributed by atoms with Crippen LogP contribution in [-0.2, 0) is 4.79 Å². The summed E-state index contributed by atoms with van der Waals surface area (Å²) < 4.78 is 0. The minimum Gasteiger partial charge on any atom is -0.384 e. The molecule has 0 saturated heterocycles. The minimum atomic E-state index is -0.920. The molecule has 26 heavy (non-hydrogen) atoms. The van der Waals surface area contributed by atoms with E-state index in [4.69, 9.17) is 17.0 Å². The molecule has 2 atom stereocenters. The van der Waals surface area contributed by atoms with E-state index in [0.29, 0.717) is 31.7 Å². The van der Waals surface area contributed by atoms with Crippen LogP contribution in [-0.4, -0.2) is 31.8 Å². The number of hydrogen-bond acceptors (Lipinski definition) is 6. The molecule has 2 aromatic heterocycles. The van der Waals surface area contributed by atoms with Gasteiger partial charge in [-0.1, -0.05) is 23.7 Å². The predicted octanol–water partition coefficient (Wildman–Crippen LogP) is 3.98. The van der Waals surface area contributed by atoms with E-state index in [1.807, 2.05) is 0 Å². The largest absolute Gasteiger partial charge is 0.384 e. The maximum absolute atomic E-state index is 12.0. The summed E-state index contributed by atoms with van der Waals surface area (Å²) in [5.74, 6) is -0.238. The molecular formula is C18H17ClN4O2S. The molecule has 0 fully saturated rings. The van der Waals surface area contributed by atoms with E-state index in [9.17, 15) is 9.90 Å². The third kappa shape index (κ3) is 3.60. The first kappa shape index (κ1) is 18.4. The number of aliphatic hydroxyl groups is 1. The lowest BCUT2D eigenvalue weighted by Gasteiger charge is -2.12. The van der Waals surface area contributed by atoms with Crippen LogP contribution in [0.25, 0.3) is 10.7 Å². The van der Waals surface area contributed by atoms with Crippen LogP contribution in [0.5, 0.6) is 0 Å². The van der Waals surface area contributed by atoms with E-state index in [1.165, 1.54) is 24.6 Å². The van der Waals surface area contributed by atoms with Gasteiger partial charge >= 0.3 is 0 Å². The quantitative estimate of drug-likeness (QED) is 0.555. The van der Waals surface area contributed by atoms with Crippen molar-refractivity contribution in [3.63, 3.8) is 0 Å². The van der Waals surface area contributed by atoms with Crippen molar-refractivity contribution in [3.8, 4) is 10.7 Å². The number of thiophene rings is 1. The van der Waals surface area contributed by atoms with Gasteiger partial charge in [0.15, 0.2) is 5.82 Å². The normalized spacial score (nSPS) is 13.4. The van der Waals surface area contributed by atoms with Gasteiger partial charge in [-0.2, -0.15) is 5.10 Å². The van der Waals surface area contributed by atoms with E-state index < -0.39 is 12.0 Å². The SMILES string of the molecule is CC(=N)C(C(C)=O)c1cc(C(O)c2ccc(Cl)cc2)c(-c2ncn[nH]2)s1. The topological polar surface area (TPSA) is 103 Å². The number of nitrogens with one attached hydrogen (secondary N) is 2. The van der Waals surface area contributed by atoms with Crippen molar-refractivity contribution < 1.29 is 9.90 Å². The highest BCUT2D eigenvalue weighted by atomic mass is 35.5. The Bertz CT molecular complexity index is 921. The van der Waals surface area contributed by atoms with Gasteiger partial charge in [0.2, 0.25) is 0 Å². The predicted molar refractivity (Wildman–Crippen MR) is 102 cm³/mol. The van der Waals surface area contributed by atoms with E-state index in [0.717, 1.165) is 0 Å². The fourth-order valence-corrected chi connectivity index (χ4v) is 4.31. The van der Waals surface area contributed by atoms with Crippen molar-refractivity contribution in [2.45, 2.75) is 25.9 Å². The zero-order chi connectivity index (χ0) is 18.8. The summed E-state index contributed by atoms with van der Waals surface area (Å²) in [6, 6.07) is 8.69. The Balaban J connectivity index is 2.12. The van der Waals surface area contributed by atoms with Gasteiger partial charge in [0.1, 0.15) is 18.2 Å². The number of rotatable bonds is 6. The summed E-state index contributed by atoms with van der Waals surface area (Å²) in [6.45, 7) is 3.07. The summed E-state index contributed by atoms with van der Waals surface area (Å²) in [4.78, 5) is 17.6. The van der Waals surface area contributed by atoms with Crippen LogP contribution in [0, 0.1) is 5.41 Å². The summed E-state index contributed by atoms with van der Waals surface area (Å²) in [5.41, 5.74) is 1.54. The zero-order valence-electron chi connectivity index (χ0n) is 14.2. The Morgan fingerprint density at radius 2 is 2.00 bits per heavy atom. The highest BCUT2D eigenvalue weighted by Crippen LogP contribution is 2.40. The fraction of sp³-hybridized carbons (Fsp3) is 0.222. The molecule has 0 aliphatic carbocycles. The molecule has 6 nitrogen and oxygen atoms in total. The minimum absolute atomic E-state index is 0.115. The van der Waals surface area contributed by atoms with Crippen molar-refractivity contribution in [1.29, 1.82) is 5.41 Å². The van der Waals surface area contributed by atoms with Crippen LogP contribution < -0.4 is 0 Å². The Kier molecular flexibility index (Phi) is 5.31. The zero-order valence-corrected chi connectivity index (χ0v) is 15.7. The van der Waals surface area contributed by atoms with E-state index in [2.05, 4.69) is 15.2 Å². The number of H-pyrrole nitrogens is 1. The Morgan fingerprint density at radius 3 is 2.54 bits per heavy atom. The summed E-state index contributed by atoms with van der Waals surface area (Å²) in [7, 11) is 0. The molecule has 3 rings (SSSR count). The number of ketones is 1. The maximum Gasteiger partial charge on any atom is 0.165 e. The number of nitrogens with zero attached hydrogens (tertiary/aromatic N) is 2. The summed E-state index contributed by atoms with van der Waals surface area (Å²) >= 11 is 7.25. The van der Waals surface area contributed by atoms with Gasteiger partial charge in [-0.3, -0.25) is 9.89 Å². The average Bonchev–Trinajstić information content (AvgIpc) is 3.23. The molecule has 2 unspecified atom stereocenters. The first-order chi connectivity index (χ1) is 12.4. The average molecular weight is 389 g/mol. The standard InChI is InChI=1S/C18H17ClN4O2S/c1-9(20)15(10(2)24)14-7-13(17(26-14)18-21-8-22-23-18)16(25)11-3-5-12(19)6-4-11/h3-8,15-16,20,25H,1-2H3,(H,21,22,23). The highest BCUT2D eigenvalue weighted by Gasteiger charge is 2.27. The first-order valence-corrected chi connectivity index (χ1v) is 9.06. The number of carbonyl (C=O) groups is 1. The molecule has 0 aliphatic heterocycles. The van der Waals surface area contributed by atoms with E-state index >= 15 is 0 Å². The number of halogens is 1. The van der Waals surface area contributed by atoms with Crippen LogP contribution in [0.4, 0.5) is 0 Å². The summed E-state index contributed by atoms with van der Waals surface area (Å²) in [5, 5.41) is 26.1. The van der Waals surface area contributed by atoms with E-state index in [-0.39, 0.29) is 11.5 Å². The van der Waals surface area contributed by atoms with Gasteiger partial charge in [-0.25, -0.2) is 4.98 Å². The second-order valence-electron chi connectivity index (χ2n) is 5.95. The molecule has 0 spiro atoms. The van der Waals surface area contributed by atoms with Crippen LogP contribution in [0.1, 0.15) is 41.9 Å². The number of Topliss-reactive ketones (excluding diaryl/α,β-unsaturated/α-hetero) is 1. The molecule has 0 bridgehead atoms. The van der Waals surface area contributed by atoms with Crippen LogP contribution >= 0.6 is 22.9 Å². The van der Waals surface area contributed by atoms with Gasteiger partial charge in [0.25, 0.3) is 0 Å². The van der Waals surface area contributed by atoms with Crippen molar-refractivity contribution in [2.24, 2.45) is 0 Å². The number of aromatic nitrogens is 3. The lowest BCUT2D eigenvalue weighted by Crippen LogP contribution is -2.15. The van der Waals surface area contributed by atoms with Crippen molar-refractivity contribution in [2.75, 3.05) is 0 Å². The molecule has 2 heterocycles. The maximum atomic E-state index is 12.0. The van der Waals surface area contributed by atoms with Gasteiger partial charge in [0.05, 0.1) is 10.8 Å². The van der Waals surface area contributed by atoms with Gasteiger partial charge < -0.3 is 10.5 Å². The van der Waals surface area contributed by atoms with Crippen LogP contribution in [0.3, 0.4) is 0 Å². The number of hydrogen-bond donors (Lipinski definition) is 3. The molecule has 3 N–H and O–H groups in total. The number of aromatic amines is 1. The lowest BCUT2D eigenvalue weighted by molar-refractivity contribution is -0.117. The molecule has 0 aliphatic rings. The van der Waals surface area contributed by atoms with Crippen molar-refractivity contribution in [3.05, 3.63) is 57.7 Å². The number of aliphatic hydroxyl groups excluding tert-OH is 1. The van der Waals surface area contributed by atoms with Gasteiger partial charge in [-0.15, -0.1) is 11.3 Å². The molecule has 1 aromatic carbocycles.